The Labute approximate surface area is 181 Å². The molecule has 0 amide bonds. The number of pyridine rings is 1. The van der Waals surface area contributed by atoms with Crippen molar-refractivity contribution >= 4 is 9.84 Å². The number of allylic oxidation sites excluding steroid dienone is 1. The van der Waals surface area contributed by atoms with Crippen LogP contribution in [0, 0.1) is 11.8 Å². The number of rotatable bonds is 7. The number of ether oxygens (including phenoxy) is 1. The zero-order chi connectivity index (χ0) is 22.6. The van der Waals surface area contributed by atoms with Gasteiger partial charge in [-0.2, -0.15) is 0 Å². The molecule has 31 heavy (non-hydrogen) atoms. The summed E-state index contributed by atoms with van der Waals surface area (Å²) in [5.74, 6) is -2.67. The molecule has 8 heteroatoms. The molecule has 2 unspecified atom stereocenters. The van der Waals surface area contributed by atoms with Crippen molar-refractivity contribution < 1.29 is 21.9 Å². The predicted octanol–water partition coefficient (Wildman–Crippen LogP) is 4.43. The van der Waals surface area contributed by atoms with Gasteiger partial charge in [-0.05, 0) is 54.0 Å². The lowest BCUT2D eigenvalue weighted by Crippen LogP contribution is -2.32. The molecule has 1 aromatic carbocycles. The first-order chi connectivity index (χ1) is 14.5. The van der Waals surface area contributed by atoms with Gasteiger partial charge in [0.15, 0.2) is 9.84 Å². The third-order valence-electron chi connectivity index (χ3n) is 5.63. The van der Waals surface area contributed by atoms with Crippen molar-refractivity contribution in [2.24, 2.45) is 18.9 Å². The van der Waals surface area contributed by atoms with E-state index in [0.29, 0.717) is 12.2 Å². The molecule has 2 aromatic rings. The average molecular weight is 452 g/mol. The number of benzene rings is 1. The van der Waals surface area contributed by atoms with E-state index in [1.54, 1.807) is 37.5 Å². The minimum absolute atomic E-state index is 0.0958. The number of nitrogens with zero attached hydrogens (tertiary/aromatic N) is 1. The van der Waals surface area contributed by atoms with E-state index in [2.05, 4.69) is 0 Å². The molecule has 1 aliphatic rings. The van der Waals surface area contributed by atoms with Crippen LogP contribution in [0.25, 0.3) is 11.1 Å². The fourth-order valence-corrected chi connectivity index (χ4v) is 4.35. The number of sulfone groups is 1. The maximum Gasteiger partial charge on any atom is 0.250 e. The van der Waals surface area contributed by atoms with Crippen molar-refractivity contribution in [3.8, 4) is 16.9 Å². The summed E-state index contributed by atoms with van der Waals surface area (Å²) >= 11 is 0. The Morgan fingerprint density at radius 3 is 2.55 bits per heavy atom. The number of halogens is 2. The minimum atomic E-state index is -3.29. The fraction of sp³-hybridized carbons (Fsp3) is 0.435. The van der Waals surface area contributed by atoms with E-state index in [4.69, 9.17) is 4.74 Å². The molecule has 0 bridgehead atoms. The topological polar surface area (TPSA) is 65.4 Å². The van der Waals surface area contributed by atoms with Gasteiger partial charge in [0.1, 0.15) is 5.75 Å². The van der Waals surface area contributed by atoms with Crippen LogP contribution in [-0.2, 0) is 16.9 Å². The Kier molecular flexibility index (Phi) is 6.99. The second-order valence-corrected chi connectivity index (χ2v) is 10.1. The summed E-state index contributed by atoms with van der Waals surface area (Å²) in [5.41, 5.74) is 1.59. The molecule has 0 aliphatic heterocycles. The number of aryl methyl sites for hydroxylation is 1. The maximum absolute atomic E-state index is 13.9. The number of alkyl halides is 2. The highest BCUT2D eigenvalue weighted by atomic mass is 32.2. The van der Waals surface area contributed by atoms with Gasteiger partial charge in [-0.15, -0.1) is 0 Å². The normalized spacial score (nSPS) is 21.3. The molecular weight excluding hydrogens is 424 g/mol. The van der Waals surface area contributed by atoms with Crippen LogP contribution in [0.15, 0.2) is 58.9 Å². The lowest BCUT2D eigenvalue weighted by molar-refractivity contribution is -0.0657. The molecule has 2 atom stereocenters. The standard InChI is InChI=1S/C23H27F2NO4S/c1-26-12-8-19(15-22(26)27)17-3-5-21(6-4-17)30-13-9-20-16-23(24,25)11-7-18(20)10-14-31(2,28)29/h3-6,8,10,12,14-15,18,20H,7,9,11,13,16H2,1-2H3/b14-10+. The minimum Gasteiger partial charge on any atom is -0.494 e. The van der Waals surface area contributed by atoms with E-state index < -0.39 is 15.8 Å². The summed E-state index contributed by atoms with van der Waals surface area (Å²) in [4.78, 5) is 11.8. The first-order valence-corrected chi connectivity index (χ1v) is 12.1. The molecule has 168 valence electrons. The summed E-state index contributed by atoms with van der Waals surface area (Å²) < 4.78 is 57.8. The van der Waals surface area contributed by atoms with Gasteiger partial charge in [-0.1, -0.05) is 18.2 Å². The third kappa shape index (κ3) is 6.75. The zero-order valence-electron chi connectivity index (χ0n) is 17.6. The van der Waals surface area contributed by atoms with Crippen molar-refractivity contribution in [3.63, 3.8) is 0 Å². The second kappa shape index (κ2) is 9.34. The number of hydrogen-bond acceptors (Lipinski definition) is 4. The summed E-state index contributed by atoms with van der Waals surface area (Å²) in [6, 6.07) is 10.7. The Bertz CT molecular complexity index is 1090. The van der Waals surface area contributed by atoms with Crippen LogP contribution in [0.2, 0.25) is 0 Å². The van der Waals surface area contributed by atoms with Crippen LogP contribution in [-0.4, -0.2) is 31.8 Å². The van der Waals surface area contributed by atoms with Crippen molar-refractivity contribution in [3.05, 3.63) is 64.4 Å². The molecule has 0 saturated heterocycles. The first-order valence-electron chi connectivity index (χ1n) is 10.2. The Morgan fingerprint density at radius 1 is 1.19 bits per heavy atom. The van der Waals surface area contributed by atoms with Gasteiger partial charge >= 0.3 is 0 Å². The molecule has 0 N–H and O–H groups in total. The molecular formula is C23H27F2NO4S. The lowest BCUT2D eigenvalue weighted by atomic mass is 9.76. The molecule has 3 rings (SSSR count). The number of aromatic nitrogens is 1. The van der Waals surface area contributed by atoms with Gasteiger partial charge in [0, 0.05) is 43.8 Å². The Hall–Kier alpha value is -2.48. The summed E-state index contributed by atoms with van der Waals surface area (Å²) in [5, 5.41) is 1.12. The second-order valence-electron chi connectivity index (χ2n) is 8.21. The van der Waals surface area contributed by atoms with Gasteiger partial charge in [-0.3, -0.25) is 4.79 Å². The van der Waals surface area contributed by atoms with E-state index in [1.807, 2.05) is 18.2 Å². The molecule has 1 fully saturated rings. The molecule has 1 saturated carbocycles. The first kappa shape index (κ1) is 23.2. The molecule has 1 aromatic heterocycles. The molecule has 0 spiro atoms. The summed E-state index contributed by atoms with van der Waals surface area (Å²) in [6.07, 6.45) is 4.52. The average Bonchev–Trinajstić information content (AvgIpc) is 2.69. The highest BCUT2D eigenvalue weighted by Crippen LogP contribution is 2.42. The quantitative estimate of drug-likeness (QED) is 0.625. The van der Waals surface area contributed by atoms with Crippen molar-refractivity contribution in [2.45, 2.75) is 31.6 Å². The van der Waals surface area contributed by atoms with Crippen LogP contribution in [0.4, 0.5) is 8.78 Å². The van der Waals surface area contributed by atoms with Gasteiger partial charge in [0.2, 0.25) is 5.92 Å². The van der Waals surface area contributed by atoms with Gasteiger partial charge in [-0.25, -0.2) is 17.2 Å². The fourth-order valence-electron chi connectivity index (χ4n) is 3.86. The largest absolute Gasteiger partial charge is 0.494 e. The lowest BCUT2D eigenvalue weighted by Gasteiger charge is -2.34. The molecule has 1 heterocycles. The zero-order valence-corrected chi connectivity index (χ0v) is 18.4. The van der Waals surface area contributed by atoms with E-state index >= 15 is 0 Å². The maximum atomic E-state index is 13.9. The summed E-state index contributed by atoms with van der Waals surface area (Å²) in [7, 11) is -1.60. The van der Waals surface area contributed by atoms with Crippen LogP contribution in [0.3, 0.4) is 0 Å². The van der Waals surface area contributed by atoms with Crippen LogP contribution in [0.1, 0.15) is 25.7 Å². The Morgan fingerprint density at radius 2 is 1.90 bits per heavy atom. The van der Waals surface area contributed by atoms with E-state index in [-0.39, 0.29) is 43.3 Å². The van der Waals surface area contributed by atoms with Gasteiger partial charge in [0.25, 0.3) is 5.56 Å². The van der Waals surface area contributed by atoms with Crippen molar-refractivity contribution in [2.75, 3.05) is 12.9 Å². The monoisotopic (exact) mass is 451 g/mol. The van der Waals surface area contributed by atoms with E-state index in [0.717, 1.165) is 22.8 Å². The van der Waals surface area contributed by atoms with Crippen molar-refractivity contribution in [1.29, 1.82) is 0 Å². The summed E-state index contributed by atoms with van der Waals surface area (Å²) in [6.45, 7) is 0.259. The number of hydrogen-bond donors (Lipinski definition) is 0. The van der Waals surface area contributed by atoms with Crippen LogP contribution < -0.4 is 10.3 Å². The van der Waals surface area contributed by atoms with Crippen molar-refractivity contribution in [1.82, 2.24) is 4.57 Å². The molecule has 1 aliphatic carbocycles. The highest BCUT2D eigenvalue weighted by Gasteiger charge is 2.40. The molecule has 0 radical (unpaired) electrons. The van der Waals surface area contributed by atoms with E-state index in [9.17, 15) is 22.0 Å². The molecule has 5 nitrogen and oxygen atoms in total. The van der Waals surface area contributed by atoms with Gasteiger partial charge < -0.3 is 9.30 Å². The third-order valence-corrected chi connectivity index (χ3v) is 6.28. The predicted molar refractivity (Wildman–Crippen MR) is 117 cm³/mol. The van der Waals surface area contributed by atoms with E-state index in [1.165, 1.54) is 4.57 Å². The van der Waals surface area contributed by atoms with Gasteiger partial charge in [0.05, 0.1) is 6.61 Å². The Balaban J connectivity index is 1.61. The highest BCUT2D eigenvalue weighted by molar-refractivity contribution is 7.93. The van der Waals surface area contributed by atoms with Crippen LogP contribution >= 0.6 is 0 Å². The smallest absolute Gasteiger partial charge is 0.250 e. The van der Waals surface area contributed by atoms with Crippen LogP contribution in [0.5, 0.6) is 5.75 Å². The SMILES string of the molecule is Cn1ccc(-c2ccc(OCCC3CC(F)(F)CCC3/C=C/S(C)(=O)=O)cc2)cc1=O.